The normalized spacial score (nSPS) is 12.2. The first-order valence-electron chi connectivity index (χ1n) is 35.7. The molecule has 0 amide bonds. The molecular weight excluding hydrogens is 1250 g/mol. The van der Waals surface area contributed by atoms with Gasteiger partial charge in [-0.15, -0.1) is 0 Å². The quantitative estimate of drug-likeness (QED) is 0.135. The fourth-order valence-corrected chi connectivity index (χ4v) is 14.7. The summed E-state index contributed by atoms with van der Waals surface area (Å²) >= 11 is 0. The summed E-state index contributed by atoms with van der Waals surface area (Å²) in [5.41, 5.74) is 20.2. The fourth-order valence-electron chi connectivity index (χ4n) is 14.7. The van der Waals surface area contributed by atoms with Gasteiger partial charge in [-0.3, -0.25) is 0 Å². The zero-order valence-corrected chi connectivity index (χ0v) is 55.3. The highest BCUT2D eigenvalue weighted by Gasteiger charge is 2.22. The van der Waals surface area contributed by atoms with Crippen LogP contribution in [-0.4, -0.2) is 48.2 Å². The predicted octanol–water partition coefficient (Wildman–Crippen LogP) is 22.8. The number of hydrogen-bond acceptors (Lipinski definition) is 6. The molecule has 0 aliphatic heterocycles. The number of nitrogens with zero attached hydrogens (tertiary/aromatic N) is 10. The van der Waals surface area contributed by atoms with Gasteiger partial charge in [-0.05, 0) is 111 Å². The molecule has 0 unspecified atom stereocenters. The van der Waals surface area contributed by atoms with Gasteiger partial charge < -0.3 is 18.3 Å². The van der Waals surface area contributed by atoms with Crippen molar-refractivity contribution < 1.29 is 4.11 Å². The second-order valence-corrected chi connectivity index (χ2v) is 25.7. The summed E-state index contributed by atoms with van der Waals surface area (Å²) in [5, 5.41) is 9.70. The molecule has 0 saturated carbocycles. The average molecular weight is 1310 g/mol. The van der Waals surface area contributed by atoms with Crippen LogP contribution in [0.4, 0.5) is 0 Å². The van der Waals surface area contributed by atoms with Crippen LogP contribution in [0.1, 0.15) is 15.2 Å². The summed E-state index contributed by atoms with van der Waals surface area (Å²) in [6.07, 6.45) is 0. The van der Waals surface area contributed by atoms with Crippen molar-refractivity contribution in [2.45, 2.75) is 13.8 Å². The molecule has 102 heavy (non-hydrogen) atoms. The monoisotopic (exact) mass is 1310 g/mol. The highest BCUT2D eigenvalue weighted by atomic mass is 15.1. The van der Waals surface area contributed by atoms with E-state index in [4.69, 9.17) is 34.0 Å². The van der Waals surface area contributed by atoms with Crippen molar-refractivity contribution in [3.05, 3.63) is 351 Å². The van der Waals surface area contributed by atoms with Gasteiger partial charge in [0.1, 0.15) is 0 Å². The number of aryl methyl sites for hydroxylation is 2. The van der Waals surface area contributed by atoms with Crippen LogP contribution < -0.4 is 0 Å². The summed E-state index contributed by atoms with van der Waals surface area (Å²) < 4.78 is 32.8. The van der Waals surface area contributed by atoms with E-state index in [9.17, 15) is 0 Å². The van der Waals surface area contributed by atoms with Gasteiger partial charge in [0.05, 0.1) is 44.1 Å². The lowest BCUT2D eigenvalue weighted by Gasteiger charge is -2.12. The van der Waals surface area contributed by atoms with E-state index in [1.165, 1.54) is 59.9 Å². The molecular formula is C92H62N10. The van der Waals surface area contributed by atoms with Gasteiger partial charge in [0.15, 0.2) is 34.9 Å². The number of benzene rings is 14. The van der Waals surface area contributed by atoms with Gasteiger partial charge >= 0.3 is 0 Å². The molecule has 6 aromatic heterocycles. The van der Waals surface area contributed by atoms with Crippen LogP contribution in [-0.2, 0) is 0 Å². The molecule has 0 N–H and O–H groups in total. The van der Waals surface area contributed by atoms with Crippen LogP contribution in [0.15, 0.2) is 340 Å². The molecule has 480 valence electrons. The molecule has 10 heteroatoms. The van der Waals surface area contributed by atoms with E-state index in [1.807, 2.05) is 72.8 Å². The van der Waals surface area contributed by atoms with E-state index in [0.29, 0.717) is 40.5 Å². The average Bonchev–Trinajstić information content (AvgIpc) is 1.59. The van der Waals surface area contributed by atoms with Crippen molar-refractivity contribution >= 4 is 87.2 Å². The fraction of sp³-hybridized carbons (Fsp3) is 0.0217. The Balaban J connectivity index is 0.000000144. The maximum absolute atomic E-state index is 7.81. The second kappa shape index (κ2) is 24.7. The smallest absolute Gasteiger partial charge is 0.164 e. The second-order valence-electron chi connectivity index (χ2n) is 25.7. The van der Waals surface area contributed by atoms with Crippen molar-refractivity contribution in [3.8, 4) is 91.1 Å². The molecule has 0 radical (unpaired) electrons. The minimum atomic E-state index is -2.20. The lowest BCUT2D eigenvalue weighted by atomic mass is 10.1. The Morgan fingerprint density at radius 2 is 0.441 bits per heavy atom. The van der Waals surface area contributed by atoms with E-state index >= 15 is 0 Å². The van der Waals surface area contributed by atoms with E-state index in [2.05, 4.69) is 268 Å². The van der Waals surface area contributed by atoms with E-state index < -0.39 is 6.85 Å². The Labute approximate surface area is 591 Å². The lowest BCUT2D eigenvalue weighted by Crippen LogP contribution is -2.01. The summed E-state index contributed by atoms with van der Waals surface area (Å²) in [4.78, 5) is 29.7. The number of fused-ring (bicyclic) bond motifs is 12. The first-order valence-corrected chi connectivity index (χ1v) is 34.2. The van der Waals surface area contributed by atoms with Crippen LogP contribution in [0.25, 0.3) is 178 Å². The standard InChI is InChI=1S/2C46H31N5/c2*1-30-22-24-32(25-23-30)45-47-44(31-12-3-2-4-13-31)48-46(49-45)33-14-11-15-34(28-33)50-42-21-10-7-18-38(42)39-29-35(26-27-43(39)50)51-40-19-8-5-16-36(40)37-17-6-9-20-41(37)51/h2*2-29H,1H3/i1D3;. The van der Waals surface area contributed by atoms with Crippen LogP contribution >= 0.6 is 0 Å². The van der Waals surface area contributed by atoms with Gasteiger partial charge in [0.25, 0.3) is 0 Å². The van der Waals surface area contributed by atoms with Crippen LogP contribution in [0, 0.1) is 13.8 Å². The van der Waals surface area contributed by atoms with Crippen molar-refractivity contribution in [3.63, 3.8) is 0 Å². The van der Waals surface area contributed by atoms with Crippen LogP contribution in [0.2, 0.25) is 0 Å². The molecule has 6 heterocycles. The first kappa shape index (κ1) is 56.3. The van der Waals surface area contributed by atoms with Gasteiger partial charge in [-0.1, -0.05) is 254 Å². The highest BCUT2D eigenvalue weighted by Crippen LogP contribution is 2.41. The number of para-hydroxylation sites is 6. The van der Waals surface area contributed by atoms with E-state index in [0.717, 1.165) is 83.4 Å². The first-order chi connectivity index (χ1) is 51.6. The molecule has 14 aromatic carbocycles. The molecule has 0 spiro atoms. The number of rotatable bonds is 10. The largest absolute Gasteiger partial charge is 0.309 e. The molecule has 0 saturated heterocycles. The van der Waals surface area contributed by atoms with Gasteiger partial charge in [-0.2, -0.15) is 0 Å². The maximum Gasteiger partial charge on any atom is 0.164 e. The molecule has 20 aromatic rings. The van der Waals surface area contributed by atoms with E-state index in [1.54, 1.807) is 24.3 Å². The molecule has 10 nitrogen and oxygen atoms in total. The predicted molar refractivity (Wildman–Crippen MR) is 419 cm³/mol. The number of hydrogen-bond donors (Lipinski definition) is 0. The van der Waals surface area contributed by atoms with Crippen molar-refractivity contribution in [1.82, 2.24) is 48.2 Å². The lowest BCUT2D eigenvalue weighted by molar-refractivity contribution is 1.07. The minimum Gasteiger partial charge on any atom is -0.309 e. The SMILES string of the molecule is Cc1ccc(-c2nc(-c3ccccc3)nc(-c3cccc(-n4c5ccccc5c5cc(-n6c7ccccc7c7ccccc76)ccc54)c3)n2)cc1.[2H]C([2H])([2H])c1ccc(-c2nc(-c3ccccc3)nc(-c3cccc(-n4c5ccccc5c5cc(-n6c7ccccc7c7ccccc76)ccc54)c3)n2)cc1. The summed E-state index contributed by atoms with van der Waals surface area (Å²) in [6.45, 7) is -0.110. The van der Waals surface area contributed by atoms with Crippen LogP contribution in [0.5, 0.6) is 0 Å². The van der Waals surface area contributed by atoms with Crippen LogP contribution in [0.3, 0.4) is 0 Å². The maximum atomic E-state index is 7.81. The Hall–Kier alpha value is -13.7. The van der Waals surface area contributed by atoms with Crippen molar-refractivity contribution in [2.24, 2.45) is 0 Å². The van der Waals surface area contributed by atoms with Gasteiger partial charge in [0.2, 0.25) is 0 Å². The van der Waals surface area contributed by atoms with Gasteiger partial charge in [-0.25, -0.2) is 29.9 Å². The molecule has 0 aliphatic carbocycles. The minimum absolute atomic E-state index is 0.268. The summed E-state index contributed by atoms with van der Waals surface area (Å²) in [5.74, 6) is 3.46. The third-order valence-corrected chi connectivity index (χ3v) is 19.5. The topological polar surface area (TPSA) is 97.1 Å². The Morgan fingerprint density at radius 1 is 0.196 bits per heavy atom. The van der Waals surface area contributed by atoms with Crippen molar-refractivity contribution in [2.75, 3.05) is 0 Å². The highest BCUT2D eigenvalue weighted by molar-refractivity contribution is 6.14. The molecule has 0 fully saturated rings. The Kier molecular flexibility index (Phi) is 13.6. The molecule has 20 rings (SSSR count). The Bertz CT molecular complexity index is 6670. The molecule has 0 atom stereocenters. The third-order valence-electron chi connectivity index (χ3n) is 19.5. The van der Waals surface area contributed by atoms with Crippen molar-refractivity contribution in [1.29, 1.82) is 0 Å². The van der Waals surface area contributed by atoms with E-state index in [-0.39, 0.29) is 5.56 Å². The third kappa shape index (κ3) is 10.4. The zero-order chi connectivity index (χ0) is 70.3. The molecule has 0 aliphatic rings. The summed E-state index contributed by atoms with van der Waals surface area (Å²) in [6, 6.07) is 117. The Morgan fingerprint density at radius 3 is 0.765 bits per heavy atom. The zero-order valence-electron chi connectivity index (χ0n) is 58.3. The van der Waals surface area contributed by atoms with Gasteiger partial charge in [0, 0.05) is 103 Å². The summed E-state index contributed by atoms with van der Waals surface area (Å²) in [7, 11) is 0. The molecule has 0 bridgehead atoms. The number of aromatic nitrogens is 10.